The lowest BCUT2D eigenvalue weighted by Crippen LogP contribution is -2.13. The summed E-state index contributed by atoms with van der Waals surface area (Å²) in [5.41, 5.74) is 1.87. The predicted molar refractivity (Wildman–Crippen MR) is 64.6 cm³/mol. The Morgan fingerprint density at radius 3 is 3.00 bits per heavy atom. The minimum atomic E-state index is 0.0920. The third kappa shape index (κ3) is 2.04. The fourth-order valence-corrected chi connectivity index (χ4v) is 1.95. The van der Waals surface area contributed by atoms with E-state index in [1.165, 1.54) is 0 Å². The van der Waals surface area contributed by atoms with Crippen LogP contribution in [0.15, 0.2) is 18.2 Å². The lowest BCUT2D eigenvalue weighted by Gasteiger charge is -2.06. The molecular formula is C11H14ClN3O. The normalized spacial score (nSPS) is 11.2. The Hall–Kier alpha value is -1.10. The highest BCUT2D eigenvalue weighted by Crippen LogP contribution is 2.20. The van der Waals surface area contributed by atoms with Crippen LogP contribution in [0.4, 0.5) is 0 Å². The SMILES string of the molecule is CNCc1nc2ccc(Cl)cc2n1CCO. The second kappa shape index (κ2) is 4.82. The largest absolute Gasteiger partial charge is 0.395 e. The van der Waals surface area contributed by atoms with Crippen LogP contribution in [0.3, 0.4) is 0 Å². The summed E-state index contributed by atoms with van der Waals surface area (Å²) in [4.78, 5) is 4.49. The van der Waals surface area contributed by atoms with Crippen molar-refractivity contribution in [1.29, 1.82) is 0 Å². The molecule has 0 radical (unpaired) electrons. The quantitative estimate of drug-likeness (QED) is 0.848. The molecule has 86 valence electrons. The van der Waals surface area contributed by atoms with Gasteiger partial charge < -0.3 is 15.0 Å². The predicted octanol–water partition coefficient (Wildman–Crippen LogP) is 1.40. The van der Waals surface area contributed by atoms with E-state index in [1.807, 2.05) is 29.8 Å². The third-order valence-electron chi connectivity index (χ3n) is 2.45. The van der Waals surface area contributed by atoms with Crippen molar-refractivity contribution in [2.75, 3.05) is 13.7 Å². The maximum absolute atomic E-state index is 9.06. The Morgan fingerprint density at radius 1 is 1.50 bits per heavy atom. The van der Waals surface area contributed by atoms with Crippen molar-refractivity contribution in [3.05, 3.63) is 29.0 Å². The van der Waals surface area contributed by atoms with E-state index < -0.39 is 0 Å². The van der Waals surface area contributed by atoms with Crippen molar-refractivity contribution < 1.29 is 5.11 Å². The molecule has 0 aliphatic heterocycles. The molecule has 0 saturated heterocycles. The van der Waals surface area contributed by atoms with Gasteiger partial charge in [-0.25, -0.2) is 4.98 Å². The summed E-state index contributed by atoms with van der Waals surface area (Å²) in [5, 5.41) is 12.8. The van der Waals surface area contributed by atoms with Crippen molar-refractivity contribution in [1.82, 2.24) is 14.9 Å². The van der Waals surface area contributed by atoms with E-state index in [0.717, 1.165) is 16.9 Å². The monoisotopic (exact) mass is 239 g/mol. The average molecular weight is 240 g/mol. The Bertz CT molecular complexity index is 495. The number of hydrogen-bond donors (Lipinski definition) is 2. The molecule has 0 fully saturated rings. The molecule has 2 aromatic rings. The lowest BCUT2D eigenvalue weighted by atomic mass is 10.3. The van der Waals surface area contributed by atoms with Crippen LogP contribution in [0.1, 0.15) is 5.82 Å². The van der Waals surface area contributed by atoms with E-state index >= 15 is 0 Å². The second-order valence-electron chi connectivity index (χ2n) is 3.57. The summed E-state index contributed by atoms with van der Waals surface area (Å²) in [6.45, 7) is 1.30. The summed E-state index contributed by atoms with van der Waals surface area (Å²) < 4.78 is 1.98. The first-order chi connectivity index (χ1) is 7.76. The van der Waals surface area contributed by atoms with Gasteiger partial charge in [0.25, 0.3) is 0 Å². The molecule has 0 saturated carbocycles. The van der Waals surface area contributed by atoms with Gasteiger partial charge in [0.05, 0.1) is 24.2 Å². The number of rotatable bonds is 4. The molecule has 5 heteroatoms. The van der Waals surface area contributed by atoms with Crippen LogP contribution in [0.25, 0.3) is 11.0 Å². The van der Waals surface area contributed by atoms with Gasteiger partial charge >= 0.3 is 0 Å². The highest BCUT2D eigenvalue weighted by Gasteiger charge is 2.09. The van der Waals surface area contributed by atoms with Crippen LogP contribution in [-0.4, -0.2) is 28.3 Å². The van der Waals surface area contributed by atoms with Crippen LogP contribution in [0, 0.1) is 0 Å². The first-order valence-electron chi connectivity index (χ1n) is 5.16. The molecule has 1 heterocycles. The summed E-state index contributed by atoms with van der Waals surface area (Å²) in [7, 11) is 1.87. The van der Waals surface area contributed by atoms with Gasteiger partial charge in [-0.1, -0.05) is 11.6 Å². The minimum absolute atomic E-state index is 0.0920. The average Bonchev–Trinajstić information content (AvgIpc) is 2.58. The van der Waals surface area contributed by atoms with Crippen molar-refractivity contribution in [2.24, 2.45) is 0 Å². The Kier molecular flexibility index (Phi) is 3.43. The minimum Gasteiger partial charge on any atom is -0.395 e. The topological polar surface area (TPSA) is 50.1 Å². The van der Waals surface area contributed by atoms with E-state index in [9.17, 15) is 0 Å². The standard InChI is InChI=1S/C11H14ClN3O/c1-13-7-11-14-9-3-2-8(12)6-10(9)15(11)4-5-16/h2-3,6,13,16H,4-5,7H2,1H3. The molecule has 0 aliphatic rings. The summed E-state index contributed by atoms with van der Waals surface area (Å²) in [6, 6.07) is 5.59. The number of fused-ring (bicyclic) bond motifs is 1. The van der Waals surface area contributed by atoms with Crippen LogP contribution in [0.2, 0.25) is 5.02 Å². The fourth-order valence-electron chi connectivity index (χ4n) is 1.79. The van der Waals surface area contributed by atoms with Gasteiger partial charge in [-0.05, 0) is 25.2 Å². The summed E-state index contributed by atoms with van der Waals surface area (Å²) in [5.74, 6) is 0.911. The Labute approximate surface area is 98.9 Å². The molecule has 0 spiro atoms. The zero-order valence-electron chi connectivity index (χ0n) is 9.07. The Balaban J connectivity index is 2.57. The molecule has 4 nitrogen and oxygen atoms in total. The number of aromatic nitrogens is 2. The molecular weight excluding hydrogens is 226 g/mol. The van der Waals surface area contributed by atoms with E-state index in [0.29, 0.717) is 18.1 Å². The molecule has 2 N–H and O–H groups in total. The van der Waals surface area contributed by atoms with Crippen LogP contribution >= 0.6 is 11.6 Å². The van der Waals surface area contributed by atoms with Crippen LogP contribution in [0.5, 0.6) is 0 Å². The van der Waals surface area contributed by atoms with Crippen molar-refractivity contribution in [3.8, 4) is 0 Å². The van der Waals surface area contributed by atoms with Gasteiger partial charge in [0, 0.05) is 11.6 Å². The van der Waals surface area contributed by atoms with Gasteiger partial charge in [0.2, 0.25) is 0 Å². The lowest BCUT2D eigenvalue weighted by molar-refractivity contribution is 0.276. The smallest absolute Gasteiger partial charge is 0.123 e. The van der Waals surface area contributed by atoms with Crippen molar-refractivity contribution >= 4 is 22.6 Å². The number of aliphatic hydroxyl groups excluding tert-OH is 1. The maximum Gasteiger partial charge on any atom is 0.123 e. The number of nitrogens with one attached hydrogen (secondary N) is 1. The zero-order chi connectivity index (χ0) is 11.5. The van der Waals surface area contributed by atoms with Gasteiger partial charge in [0.15, 0.2) is 0 Å². The van der Waals surface area contributed by atoms with Crippen LogP contribution in [-0.2, 0) is 13.1 Å². The zero-order valence-corrected chi connectivity index (χ0v) is 9.83. The van der Waals surface area contributed by atoms with Gasteiger partial charge in [-0.3, -0.25) is 0 Å². The first-order valence-corrected chi connectivity index (χ1v) is 5.54. The number of hydrogen-bond acceptors (Lipinski definition) is 3. The maximum atomic E-state index is 9.06. The number of imidazole rings is 1. The van der Waals surface area contributed by atoms with Crippen LogP contribution < -0.4 is 5.32 Å². The molecule has 1 aromatic heterocycles. The van der Waals surface area contributed by atoms with E-state index in [-0.39, 0.29) is 6.61 Å². The molecule has 1 aromatic carbocycles. The first kappa shape index (κ1) is 11.4. The highest BCUT2D eigenvalue weighted by molar-refractivity contribution is 6.31. The molecule has 2 rings (SSSR count). The number of benzene rings is 1. The second-order valence-corrected chi connectivity index (χ2v) is 4.00. The van der Waals surface area contributed by atoms with Crippen molar-refractivity contribution in [3.63, 3.8) is 0 Å². The van der Waals surface area contributed by atoms with Gasteiger partial charge in [-0.15, -0.1) is 0 Å². The van der Waals surface area contributed by atoms with Gasteiger partial charge in [-0.2, -0.15) is 0 Å². The number of halogens is 1. The molecule has 0 amide bonds. The van der Waals surface area contributed by atoms with E-state index in [2.05, 4.69) is 10.3 Å². The molecule has 0 atom stereocenters. The Morgan fingerprint density at radius 2 is 2.31 bits per heavy atom. The third-order valence-corrected chi connectivity index (χ3v) is 2.68. The van der Waals surface area contributed by atoms with E-state index in [4.69, 9.17) is 16.7 Å². The summed E-state index contributed by atoms with van der Waals surface area (Å²) in [6.07, 6.45) is 0. The fraction of sp³-hybridized carbons (Fsp3) is 0.364. The summed E-state index contributed by atoms with van der Waals surface area (Å²) >= 11 is 5.96. The van der Waals surface area contributed by atoms with E-state index in [1.54, 1.807) is 0 Å². The van der Waals surface area contributed by atoms with Crippen molar-refractivity contribution in [2.45, 2.75) is 13.1 Å². The van der Waals surface area contributed by atoms with Gasteiger partial charge in [0.1, 0.15) is 5.82 Å². The number of aliphatic hydroxyl groups is 1. The highest BCUT2D eigenvalue weighted by atomic mass is 35.5. The molecule has 0 unspecified atom stereocenters. The molecule has 0 bridgehead atoms. The molecule has 0 aliphatic carbocycles. The number of nitrogens with zero attached hydrogens (tertiary/aromatic N) is 2. The molecule has 16 heavy (non-hydrogen) atoms.